The summed E-state index contributed by atoms with van der Waals surface area (Å²) in [5.74, 6) is -0.112. The highest BCUT2D eigenvalue weighted by molar-refractivity contribution is 9.11. The third kappa shape index (κ3) is 5.75. The molecule has 1 heterocycles. The molecule has 0 aliphatic heterocycles. The van der Waals surface area contributed by atoms with Gasteiger partial charge in [-0.1, -0.05) is 26.0 Å². The highest BCUT2D eigenvalue weighted by Gasteiger charge is 2.20. The summed E-state index contributed by atoms with van der Waals surface area (Å²) in [6.45, 7) is 5.04. The summed E-state index contributed by atoms with van der Waals surface area (Å²) in [6, 6.07) is 10.5. The summed E-state index contributed by atoms with van der Waals surface area (Å²) in [5.41, 5.74) is 0.772. The molecule has 0 fully saturated rings. The predicted octanol–water partition coefficient (Wildman–Crippen LogP) is 4.21. The van der Waals surface area contributed by atoms with Gasteiger partial charge >= 0.3 is 0 Å². The highest BCUT2D eigenvalue weighted by atomic mass is 79.9. The first-order valence-corrected chi connectivity index (χ1v) is 11.6. The molecule has 0 bridgehead atoms. The molecule has 8 heteroatoms. The number of likely N-dealkylation sites (N-methyl/N-ethyl adjacent to an activating group) is 1. The third-order valence-corrected chi connectivity index (χ3v) is 7.71. The smallest absolute Gasteiger partial charge is 0.246 e. The molecular formula is C19H23BrN2O3S2. The van der Waals surface area contributed by atoms with E-state index >= 15 is 0 Å². The molecule has 0 unspecified atom stereocenters. The topological polar surface area (TPSA) is 57.7 Å². The first-order chi connectivity index (χ1) is 12.8. The van der Waals surface area contributed by atoms with Crippen LogP contribution in [0.4, 0.5) is 0 Å². The van der Waals surface area contributed by atoms with Gasteiger partial charge in [0.25, 0.3) is 0 Å². The number of halogens is 1. The van der Waals surface area contributed by atoms with E-state index in [0.717, 1.165) is 14.2 Å². The molecule has 0 atom stereocenters. The fourth-order valence-electron chi connectivity index (χ4n) is 2.51. The molecular weight excluding hydrogens is 448 g/mol. The molecule has 27 heavy (non-hydrogen) atoms. The second kappa shape index (κ2) is 9.64. The molecule has 0 aliphatic rings. The average Bonchev–Trinajstić information content (AvgIpc) is 3.05. The summed E-state index contributed by atoms with van der Waals surface area (Å²) in [4.78, 5) is 15.2. The van der Waals surface area contributed by atoms with Crippen LogP contribution >= 0.6 is 27.3 Å². The van der Waals surface area contributed by atoms with Gasteiger partial charge in [-0.05, 0) is 51.8 Å². The molecule has 2 aromatic rings. The number of nitrogens with zero attached hydrogens (tertiary/aromatic N) is 2. The van der Waals surface area contributed by atoms with Crippen LogP contribution in [0.1, 0.15) is 24.3 Å². The van der Waals surface area contributed by atoms with Crippen molar-refractivity contribution in [3.8, 4) is 0 Å². The lowest BCUT2D eigenvalue weighted by Crippen LogP contribution is -2.30. The lowest BCUT2D eigenvalue weighted by atomic mass is 10.2. The highest BCUT2D eigenvalue weighted by Crippen LogP contribution is 2.23. The Morgan fingerprint density at radius 3 is 2.26 bits per heavy atom. The van der Waals surface area contributed by atoms with Crippen molar-refractivity contribution in [2.75, 3.05) is 20.1 Å². The monoisotopic (exact) mass is 470 g/mol. The van der Waals surface area contributed by atoms with Crippen LogP contribution in [0.5, 0.6) is 0 Å². The van der Waals surface area contributed by atoms with Crippen molar-refractivity contribution >= 4 is 49.3 Å². The third-order valence-electron chi connectivity index (χ3n) is 4.04. The molecule has 5 nitrogen and oxygen atoms in total. The molecule has 0 aliphatic carbocycles. The molecule has 1 aromatic heterocycles. The molecule has 0 saturated carbocycles. The van der Waals surface area contributed by atoms with E-state index in [1.54, 1.807) is 53.6 Å². The first kappa shape index (κ1) is 21.8. The SMILES string of the molecule is CCN(CC)S(=O)(=O)c1ccc(/C=C/C(=O)N(C)Cc2ccc(Br)s2)cc1. The molecule has 146 valence electrons. The zero-order valence-corrected chi connectivity index (χ0v) is 18.8. The minimum absolute atomic E-state index is 0.112. The number of hydrogen-bond acceptors (Lipinski definition) is 4. The molecule has 0 N–H and O–H groups in total. The normalized spacial score (nSPS) is 12.0. The first-order valence-electron chi connectivity index (χ1n) is 8.55. The quantitative estimate of drug-likeness (QED) is 0.542. The van der Waals surface area contributed by atoms with Gasteiger partial charge in [0.15, 0.2) is 0 Å². The zero-order valence-electron chi connectivity index (χ0n) is 15.6. The lowest BCUT2D eigenvalue weighted by Gasteiger charge is -2.18. The summed E-state index contributed by atoms with van der Waals surface area (Å²) in [5, 5.41) is 0. The van der Waals surface area contributed by atoms with E-state index in [-0.39, 0.29) is 10.8 Å². The van der Waals surface area contributed by atoms with Crippen molar-refractivity contribution in [2.24, 2.45) is 0 Å². The second-order valence-electron chi connectivity index (χ2n) is 5.89. The maximum atomic E-state index is 12.5. The molecule has 1 amide bonds. The Bertz CT molecular complexity index is 901. The average molecular weight is 471 g/mol. The van der Waals surface area contributed by atoms with E-state index in [1.807, 2.05) is 26.0 Å². The second-order valence-corrected chi connectivity index (χ2v) is 10.4. The Kier molecular flexibility index (Phi) is 7.79. The van der Waals surface area contributed by atoms with Crippen molar-refractivity contribution in [3.63, 3.8) is 0 Å². The predicted molar refractivity (Wildman–Crippen MR) is 114 cm³/mol. The lowest BCUT2D eigenvalue weighted by molar-refractivity contribution is -0.125. The Balaban J connectivity index is 2.03. The number of amides is 1. The van der Waals surface area contributed by atoms with E-state index in [9.17, 15) is 13.2 Å². The number of sulfonamides is 1. The molecule has 0 spiro atoms. The Labute approximate surface area is 173 Å². The molecule has 2 rings (SSSR count). The Morgan fingerprint density at radius 1 is 1.11 bits per heavy atom. The van der Waals surface area contributed by atoms with Gasteiger partial charge in [0.1, 0.15) is 0 Å². The van der Waals surface area contributed by atoms with Crippen molar-refractivity contribution in [2.45, 2.75) is 25.3 Å². The van der Waals surface area contributed by atoms with Crippen LogP contribution in [0.25, 0.3) is 6.08 Å². The zero-order chi connectivity index (χ0) is 20.0. The van der Waals surface area contributed by atoms with Crippen molar-refractivity contribution < 1.29 is 13.2 Å². The van der Waals surface area contributed by atoms with Crippen LogP contribution in [0.2, 0.25) is 0 Å². The number of hydrogen-bond donors (Lipinski definition) is 0. The van der Waals surface area contributed by atoms with Crippen LogP contribution < -0.4 is 0 Å². The summed E-state index contributed by atoms with van der Waals surface area (Å²) >= 11 is 5.01. The standard InChI is InChI=1S/C19H23BrN2O3S2/c1-4-22(5-2)27(24,25)17-10-6-15(7-11-17)8-13-19(23)21(3)14-16-9-12-18(20)26-16/h6-13H,4-5,14H2,1-3H3/b13-8+. The fraction of sp³-hybridized carbons (Fsp3) is 0.316. The van der Waals surface area contributed by atoms with Gasteiger partial charge in [0.2, 0.25) is 15.9 Å². The van der Waals surface area contributed by atoms with Gasteiger partial charge in [-0.3, -0.25) is 4.79 Å². The number of thiophene rings is 1. The van der Waals surface area contributed by atoms with E-state index in [4.69, 9.17) is 0 Å². The largest absolute Gasteiger partial charge is 0.337 e. The summed E-state index contributed by atoms with van der Waals surface area (Å²) in [6.07, 6.45) is 3.19. The Hall–Kier alpha value is -1.48. The minimum atomic E-state index is -3.46. The van der Waals surface area contributed by atoms with E-state index in [2.05, 4.69) is 15.9 Å². The van der Waals surface area contributed by atoms with Crippen molar-refractivity contribution in [1.82, 2.24) is 9.21 Å². The Morgan fingerprint density at radius 2 is 1.74 bits per heavy atom. The van der Waals surface area contributed by atoms with E-state index in [0.29, 0.717) is 19.6 Å². The van der Waals surface area contributed by atoms with Crippen LogP contribution in [0.3, 0.4) is 0 Å². The maximum absolute atomic E-state index is 12.5. The number of benzene rings is 1. The summed E-state index contributed by atoms with van der Waals surface area (Å²) in [7, 11) is -1.71. The van der Waals surface area contributed by atoms with Crippen LogP contribution in [-0.4, -0.2) is 43.7 Å². The van der Waals surface area contributed by atoms with Gasteiger partial charge < -0.3 is 4.90 Å². The molecule has 1 aromatic carbocycles. The van der Waals surface area contributed by atoms with Crippen LogP contribution in [0.15, 0.2) is 51.2 Å². The maximum Gasteiger partial charge on any atom is 0.246 e. The van der Waals surface area contributed by atoms with Gasteiger partial charge in [-0.25, -0.2) is 8.42 Å². The number of carbonyl (C=O) groups is 1. The van der Waals surface area contributed by atoms with Crippen molar-refractivity contribution in [3.05, 3.63) is 56.7 Å². The number of rotatable bonds is 8. The molecule has 0 saturated heterocycles. The molecule has 0 radical (unpaired) electrons. The fourth-order valence-corrected chi connectivity index (χ4v) is 5.50. The van der Waals surface area contributed by atoms with Crippen molar-refractivity contribution in [1.29, 1.82) is 0 Å². The van der Waals surface area contributed by atoms with Crippen LogP contribution in [0, 0.1) is 0 Å². The summed E-state index contributed by atoms with van der Waals surface area (Å²) < 4.78 is 27.4. The van der Waals surface area contributed by atoms with Gasteiger partial charge in [-0.2, -0.15) is 4.31 Å². The van der Waals surface area contributed by atoms with Gasteiger partial charge in [0, 0.05) is 31.1 Å². The van der Waals surface area contributed by atoms with E-state index < -0.39 is 10.0 Å². The minimum Gasteiger partial charge on any atom is -0.337 e. The number of carbonyl (C=O) groups excluding carboxylic acids is 1. The van der Waals surface area contributed by atoms with Crippen LogP contribution in [-0.2, 0) is 21.4 Å². The van der Waals surface area contributed by atoms with E-state index in [1.165, 1.54) is 10.4 Å². The van der Waals surface area contributed by atoms with Gasteiger partial charge in [0.05, 0.1) is 15.2 Å². The van der Waals surface area contributed by atoms with Gasteiger partial charge in [-0.15, -0.1) is 11.3 Å².